The van der Waals surface area contributed by atoms with Gasteiger partial charge in [-0.05, 0) is 44.4 Å². The van der Waals surface area contributed by atoms with Crippen molar-refractivity contribution in [3.63, 3.8) is 0 Å². The Balaban J connectivity index is 2.24. The van der Waals surface area contributed by atoms with Gasteiger partial charge >= 0.3 is 0 Å². The maximum Gasteiger partial charge on any atom is 0.126 e. The van der Waals surface area contributed by atoms with Gasteiger partial charge in [-0.25, -0.2) is 0 Å². The molecule has 0 aromatic carbocycles. The number of aldehydes is 1. The number of rotatable bonds is 1. The summed E-state index contributed by atoms with van der Waals surface area (Å²) in [6.45, 7) is 2.15. The van der Waals surface area contributed by atoms with Crippen LogP contribution in [0.5, 0.6) is 0 Å². The molecule has 13 heavy (non-hydrogen) atoms. The van der Waals surface area contributed by atoms with Crippen LogP contribution in [0.1, 0.15) is 45.4 Å². The minimum Gasteiger partial charge on any atom is -0.390 e. The number of fused-ring (bicyclic) bond motifs is 2. The summed E-state index contributed by atoms with van der Waals surface area (Å²) in [6.07, 6.45) is 6.60. The second kappa shape index (κ2) is 2.81. The maximum atomic E-state index is 11.1. The van der Waals surface area contributed by atoms with Gasteiger partial charge in [-0.2, -0.15) is 0 Å². The topological polar surface area (TPSA) is 37.3 Å². The lowest BCUT2D eigenvalue weighted by Crippen LogP contribution is -2.48. The van der Waals surface area contributed by atoms with Crippen LogP contribution in [0.25, 0.3) is 0 Å². The van der Waals surface area contributed by atoms with Crippen molar-refractivity contribution in [1.29, 1.82) is 0 Å². The van der Waals surface area contributed by atoms with Crippen LogP contribution < -0.4 is 0 Å². The van der Waals surface area contributed by atoms with E-state index in [0.717, 1.165) is 38.4 Å². The zero-order valence-corrected chi connectivity index (χ0v) is 8.25. The summed E-state index contributed by atoms with van der Waals surface area (Å²) < 4.78 is 0. The third kappa shape index (κ3) is 1.52. The van der Waals surface area contributed by atoms with Crippen molar-refractivity contribution in [2.24, 2.45) is 11.3 Å². The molecule has 0 spiro atoms. The lowest BCUT2D eigenvalue weighted by molar-refractivity contribution is -0.137. The molecule has 2 rings (SSSR count). The van der Waals surface area contributed by atoms with Gasteiger partial charge in [0.05, 0.1) is 5.60 Å². The fourth-order valence-corrected chi connectivity index (χ4v) is 3.51. The van der Waals surface area contributed by atoms with E-state index in [9.17, 15) is 9.90 Å². The minimum absolute atomic E-state index is 0.176. The van der Waals surface area contributed by atoms with E-state index in [2.05, 4.69) is 6.92 Å². The van der Waals surface area contributed by atoms with E-state index in [1.54, 1.807) is 0 Å². The summed E-state index contributed by atoms with van der Waals surface area (Å²) in [7, 11) is 0. The largest absolute Gasteiger partial charge is 0.390 e. The molecule has 3 unspecified atom stereocenters. The smallest absolute Gasteiger partial charge is 0.126 e. The van der Waals surface area contributed by atoms with Crippen molar-refractivity contribution in [2.45, 2.75) is 51.0 Å². The minimum atomic E-state index is -0.517. The first-order valence-electron chi connectivity index (χ1n) is 5.26. The fraction of sp³-hybridized carbons (Fsp3) is 0.909. The van der Waals surface area contributed by atoms with Crippen LogP contribution in [-0.2, 0) is 4.79 Å². The first kappa shape index (κ1) is 9.20. The molecule has 0 heterocycles. The van der Waals surface area contributed by atoms with Crippen LogP contribution in [-0.4, -0.2) is 17.0 Å². The molecule has 74 valence electrons. The number of carbonyl (C=O) groups is 1. The van der Waals surface area contributed by atoms with Gasteiger partial charge in [-0.3, -0.25) is 0 Å². The Morgan fingerprint density at radius 3 is 2.85 bits per heavy atom. The van der Waals surface area contributed by atoms with Crippen molar-refractivity contribution < 1.29 is 9.90 Å². The molecule has 2 aliphatic rings. The summed E-state index contributed by atoms with van der Waals surface area (Å²) >= 11 is 0. The van der Waals surface area contributed by atoms with Gasteiger partial charge in [-0.15, -0.1) is 0 Å². The molecule has 2 fully saturated rings. The van der Waals surface area contributed by atoms with E-state index < -0.39 is 5.60 Å². The van der Waals surface area contributed by atoms with E-state index >= 15 is 0 Å². The quantitative estimate of drug-likeness (QED) is 0.629. The van der Waals surface area contributed by atoms with E-state index in [-0.39, 0.29) is 5.41 Å². The summed E-state index contributed by atoms with van der Waals surface area (Å²) in [5.41, 5.74) is -0.693. The third-order valence-corrected chi connectivity index (χ3v) is 3.73. The molecule has 0 amide bonds. The second-order valence-corrected chi connectivity index (χ2v) is 5.25. The van der Waals surface area contributed by atoms with E-state index in [4.69, 9.17) is 0 Å². The molecule has 3 atom stereocenters. The van der Waals surface area contributed by atoms with Crippen LogP contribution in [0, 0.1) is 11.3 Å². The van der Waals surface area contributed by atoms with Crippen molar-refractivity contribution in [3.05, 3.63) is 0 Å². The predicted octanol–water partition coefficient (Wildman–Crippen LogP) is 1.91. The van der Waals surface area contributed by atoms with Crippen molar-refractivity contribution in [2.75, 3.05) is 0 Å². The highest BCUT2D eigenvalue weighted by atomic mass is 16.3. The van der Waals surface area contributed by atoms with Crippen molar-refractivity contribution in [3.8, 4) is 0 Å². The van der Waals surface area contributed by atoms with Crippen LogP contribution >= 0.6 is 0 Å². The maximum absolute atomic E-state index is 11.1. The van der Waals surface area contributed by atoms with Crippen molar-refractivity contribution >= 4 is 6.29 Å². The van der Waals surface area contributed by atoms with Gasteiger partial charge in [0.2, 0.25) is 0 Å². The number of hydrogen-bond acceptors (Lipinski definition) is 2. The lowest BCUT2D eigenvalue weighted by Gasteiger charge is -2.49. The molecule has 0 aromatic rings. The molecule has 2 heteroatoms. The molecule has 0 aliphatic heterocycles. The normalized spacial score (nSPS) is 50.2. The number of carbonyl (C=O) groups excluding carboxylic acids is 1. The Morgan fingerprint density at radius 1 is 1.38 bits per heavy atom. The van der Waals surface area contributed by atoms with Crippen molar-refractivity contribution in [1.82, 2.24) is 0 Å². The van der Waals surface area contributed by atoms with Crippen LogP contribution in [0.15, 0.2) is 0 Å². The molecule has 0 aromatic heterocycles. The summed E-state index contributed by atoms with van der Waals surface area (Å²) in [4.78, 5) is 11.1. The molecule has 2 saturated carbocycles. The van der Waals surface area contributed by atoms with Gasteiger partial charge in [0, 0.05) is 5.41 Å². The van der Waals surface area contributed by atoms with E-state index in [1.807, 2.05) is 0 Å². The van der Waals surface area contributed by atoms with Gasteiger partial charge in [-0.1, -0.05) is 6.92 Å². The van der Waals surface area contributed by atoms with Crippen LogP contribution in [0.3, 0.4) is 0 Å². The highest BCUT2D eigenvalue weighted by Crippen LogP contribution is 2.51. The molecule has 1 N–H and O–H groups in total. The summed E-state index contributed by atoms with van der Waals surface area (Å²) in [5.74, 6) is 0.504. The monoisotopic (exact) mass is 182 g/mol. The molecule has 0 saturated heterocycles. The Labute approximate surface area is 79.3 Å². The van der Waals surface area contributed by atoms with Crippen LogP contribution in [0.4, 0.5) is 0 Å². The average Bonchev–Trinajstić information content (AvgIpc) is 2.01. The molecular formula is C11H18O2. The van der Waals surface area contributed by atoms with E-state index in [0.29, 0.717) is 12.3 Å². The second-order valence-electron chi connectivity index (χ2n) is 5.25. The Bertz CT molecular complexity index is 226. The molecule has 2 nitrogen and oxygen atoms in total. The summed E-state index contributed by atoms with van der Waals surface area (Å²) in [5, 5.41) is 10.2. The molecule has 0 radical (unpaired) electrons. The Kier molecular flexibility index (Phi) is 1.99. The van der Waals surface area contributed by atoms with Gasteiger partial charge in [0.25, 0.3) is 0 Å². The van der Waals surface area contributed by atoms with Crippen LogP contribution in [0.2, 0.25) is 0 Å². The Morgan fingerprint density at radius 2 is 2.15 bits per heavy atom. The van der Waals surface area contributed by atoms with Gasteiger partial charge in [0.15, 0.2) is 0 Å². The molecule has 2 bridgehead atoms. The standard InChI is InChI=1S/C11H18O2/c1-9-5-10(8-12)3-2-4-11(13,6-9)7-10/h8-9,13H,2-7H2,1H3. The number of aliphatic hydroxyl groups is 1. The van der Waals surface area contributed by atoms with E-state index in [1.165, 1.54) is 0 Å². The first-order chi connectivity index (χ1) is 6.08. The predicted molar refractivity (Wildman–Crippen MR) is 50.3 cm³/mol. The Hall–Kier alpha value is -0.370. The molecule has 2 aliphatic carbocycles. The lowest BCUT2D eigenvalue weighted by atomic mass is 9.58. The third-order valence-electron chi connectivity index (χ3n) is 3.73. The van der Waals surface area contributed by atoms with Gasteiger partial charge in [0.1, 0.15) is 6.29 Å². The zero-order chi connectivity index (χ0) is 9.53. The SMILES string of the molecule is CC1CC2(O)CCCC(C=O)(C1)C2. The number of hydrogen-bond donors (Lipinski definition) is 1. The summed E-state index contributed by atoms with van der Waals surface area (Å²) in [6, 6.07) is 0. The highest BCUT2D eigenvalue weighted by molar-refractivity contribution is 5.60. The highest BCUT2D eigenvalue weighted by Gasteiger charge is 2.48. The molecular weight excluding hydrogens is 164 g/mol. The van der Waals surface area contributed by atoms with Gasteiger partial charge < -0.3 is 9.90 Å². The fourth-order valence-electron chi connectivity index (χ4n) is 3.51. The first-order valence-corrected chi connectivity index (χ1v) is 5.26. The average molecular weight is 182 g/mol. The zero-order valence-electron chi connectivity index (χ0n) is 8.25.